The molecule has 0 spiro atoms. The highest BCUT2D eigenvalue weighted by Crippen LogP contribution is 2.26. The molecular formula is C21H26BrN7O3S. The summed E-state index contributed by atoms with van der Waals surface area (Å²) in [7, 11) is 0. The third-order valence-electron chi connectivity index (χ3n) is 5.73. The number of amides is 3. The van der Waals surface area contributed by atoms with Crippen LogP contribution in [0.25, 0.3) is 4.83 Å². The number of nitrogens with one attached hydrogen (secondary N) is 3. The van der Waals surface area contributed by atoms with Crippen molar-refractivity contribution in [2.24, 2.45) is 0 Å². The Labute approximate surface area is 203 Å². The van der Waals surface area contributed by atoms with Crippen LogP contribution in [0.4, 0.5) is 0 Å². The predicted molar refractivity (Wildman–Crippen MR) is 129 cm³/mol. The van der Waals surface area contributed by atoms with Gasteiger partial charge >= 0.3 is 0 Å². The highest BCUT2D eigenvalue weighted by atomic mass is 79.9. The van der Waals surface area contributed by atoms with E-state index < -0.39 is 0 Å². The van der Waals surface area contributed by atoms with E-state index in [9.17, 15) is 14.4 Å². The molecule has 3 amide bonds. The van der Waals surface area contributed by atoms with Gasteiger partial charge in [-0.3, -0.25) is 19.3 Å². The number of rotatable bonds is 6. The smallest absolute Gasteiger partial charge is 0.260 e. The number of thiazole rings is 1. The molecule has 1 fully saturated rings. The number of nitrogens with zero attached hydrogens (tertiary/aromatic N) is 4. The van der Waals surface area contributed by atoms with E-state index in [4.69, 9.17) is 0 Å². The number of hydrogen-bond donors (Lipinski definition) is 3. The van der Waals surface area contributed by atoms with E-state index in [-0.39, 0.29) is 23.8 Å². The average Bonchev–Trinajstić information content (AvgIpc) is 3.34. The second kappa shape index (κ2) is 10.1. The highest BCUT2D eigenvalue weighted by Gasteiger charge is 2.22. The monoisotopic (exact) mass is 535 g/mol. The molecule has 0 bridgehead atoms. The maximum Gasteiger partial charge on any atom is 0.260 e. The van der Waals surface area contributed by atoms with Crippen LogP contribution in [-0.2, 0) is 9.59 Å². The summed E-state index contributed by atoms with van der Waals surface area (Å²) in [5.74, 6) is -0.381. The molecule has 1 saturated heterocycles. The molecule has 12 heteroatoms. The standard InChI is InChI=1S/C21H26BrN7O3S/c1-13-17(26-20(32)16-11-25-29-12-18(22)33-21(16)29)9-15(10-24-13)19(31)23-3-4-27-5-7-28(8-6-27)14(2)30/h9-13,24H,3-8H2,1-2H3,(H,23,31)(H,26,32). The van der Waals surface area contributed by atoms with E-state index in [1.165, 1.54) is 17.5 Å². The molecule has 3 N–H and O–H groups in total. The molecule has 0 saturated carbocycles. The number of halogens is 1. The lowest BCUT2D eigenvalue weighted by molar-refractivity contribution is -0.130. The van der Waals surface area contributed by atoms with Gasteiger partial charge in [0, 0.05) is 58.1 Å². The quantitative estimate of drug-likeness (QED) is 0.507. The van der Waals surface area contributed by atoms with Crippen LogP contribution in [0.5, 0.6) is 0 Å². The van der Waals surface area contributed by atoms with Crippen molar-refractivity contribution in [3.8, 4) is 0 Å². The molecule has 10 nitrogen and oxygen atoms in total. The Bertz CT molecular complexity index is 1130. The Morgan fingerprint density at radius 2 is 2.00 bits per heavy atom. The summed E-state index contributed by atoms with van der Waals surface area (Å²) in [6.45, 7) is 7.76. The summed E-state index contributed by atoms with van der Waals surface area (Å²) >= 11 is 4.83. The summed E-state index contributed by atoms with van der Waals surface area (Å²) in [5.41, 5.74) is 1.54. The zero-order valence-electron chi connectivity index (χ0n) is 18.4. The number of fused-ring (bicyclic) bond motifs is 1. The second-order valence-electron chi connectivity index (χ2n) is 7.99. The fraction of sp³-hybridized carbons (Fsp3) is 0.429. The van der Waals surface area contributed by atoms with Gasteiger partial charge in [0.05, 0.1) is 33.4 Å². The van der Waals surface area contributed by atoms with E-state index >= 15 is 0 Å². The molecule has 2 aromatic rings. The molecule has 176 valence electrons. The van der Waals surface area contributed by atoms with Crippen molar-refractivity contribution in [2.45, 2.75) is 19.9 Å². The molecule has 4 heterocycles. The summed E-state index contributed by atoms with van der Waals surface area (Å²) in [6.07, 6.45) is 6.70. The van der Waals surface area contributed by atoms with Crippen molar-refractivity contribution in [3.63, 3.8) is 0 Å². The molecule has 4 rings (SSSR count). The summed E-state index contributed by atoms with van der Waals surface area (Å²) in [5, 5.41) is 13.2. The first-order valence-corrected chi connectivity index (χ1v) is 12.3. The molecule has 2 aromatic heterocycles. The van der Waals surface area contributed by atoms with Crippen LogP contribution in [-0.4, -0.2) is 82.4 Å². The van der Waals surface area contributed by atoms with Gasteiger partial charge in [-0.05, 0) is 28.9 Å². The van der Waals surface area contributed by atoms with E-state index in [1.807, 2.05) is 11.8 Å². The fourth-order valence-corrected chi connectivity index (χ4v) is 5.18. The lowest BCUT2D eigenvalue weighted by Crippen LogP contribution is -2.49. The summed E-state index contributed by atoms with van der Waals surface area (Å²) < 4.78 is 2.54. The maximum atomic E-state index is 12.8. The predicted octanol–water partition coefficient (Wildman–Crippen LogP) is 0.928. The number of dihydropyridines is 1. The van der Waals surface area contributed by atoms with Crippen molar-refractivity contribution >= 4 is 49.8 Å². The van der Waals surface area contributed by atoms with Gasteiger partial charge in [0.2, 0.25) is 5.91 Å². The van der Waals surface area contributed by atoms with E-state index in [1.54, 1.807) is 29.9 Å². The lowest BCUT2D eigenvalue weighted by Gasteiger charge is -2.34. The minimum atomic E-state index is -0.273. The second-order valence-corrected chi connectivity index (χ2v) is 10.4. The van der Waals surface area contributed by atoms with Crippen molar-refractivity contribution in [1.82, 2.24) is 35.4 Å². The van der Waals surface area contributed by atoms with Gasteiger partial charge in [0.15, 0.2) is 0 Å². The van der Waals surface area contributed by atoms with Crippen molar-refractivity contribution in [1.29, 1.82) is 0 Å². The minimum Gasteiger partial charge on any atom is -0.382 e. The largest absolute Gasteiger partial charge is 0.382 e. The molecule has 2 aliphatic rings. The Kier molecular flexibility index (Phi) is 7.15. The number of aromatic nitrogens is 2. The van der Waals surface area contributed by atoms with Gasteiger partial charge in [-0.2, -0.15) is 5.10 Å². The Balaban J connectivity index is 1.31. The third kappa shape index (κ3) is 5.45. The SMILES string of the molecule is CC(=O)N1CCN(CCNC(=O)C2=CNC(C)C(NC(=O)c3cnn4cc(Br)sc34)=C2)CC1. The Hall–Kier alpha value is -2.70. The van der Waals surface area contributed by atoms with Gasteiger partial charge in [0.25, 0.3) is 11.8 Å². The first kappa shape index (κ1) is 23.5. The van der Waals surface area contributed by atoms with Crippen molar-refractivity contribution in [3.05, 3.63) is 45.3 Å². The highest BCUT2D eigenvalue weighted by molar-refractivity contribution is 9.11. The molecule has 2 aliphatic heterocycles. The van der Waals surface area contributed by atoms with Gasteiger partial charge in [-0.1, -0.05) is 0 Å². The molecule has 33 heavy (non-hydrogen) atoms. The molecule has 0 aliphatic carbocycles. The topological polar surface area (TPSA) is 111 Å². The molecule has 1 unspecified atom stereocenters. The van der Waals surface area contributed by atoms with Crippen LogP contribution < -0.4 is 16.0 Å². The van der Waals surface area contributed by atoms with Crippen molar-refractivity contribution in [2.75, 3.05) is 39.3 Å². The fourth-order valence-electron chi connectivity index (χ4n) is 3.74. The molecule has 0 aromatic carbocycles. The molecular weight excluding hydrogens is 510 g/mol. The first-order valence-electron chi connectivity index (χ1n) is 10.7. The van der Waals surface area contributed by atoms with Crippen LogP contribution in [0, 0.1) is 0 Å². The summed E-state index contributed by atoms with van der Waals surface area (Å²) in [6, 6.07) is -0.149. The van der Waals surface area contributed by atoms with Gasteiger partial charge in [-0.25, -0.2) is 4.52 Å². The Morgan fingerprint density at radius 3 is 2.73 bits per heavy atom. The van der Waals surface area contributed by atoms with E-state index in [0.717, 1.165) is 28.3 Å². The first-order chi connectivity index (χ1) is 15.8. The summed E-state index contributed by atoms with van der Waals surface area (Å²) in [4.78, 5) is 41.7. The van der Waals surface area contributed by atoms with Crippen LogP contribution >= 0.6 is 27.3 Å². The van der Waals surface area contributed by atoms with E-state index in [2.05, 4.69) is 41.9 Å². The lowest BCUT2D eigenvalue weighted by atomic mass is 10.1. The van der Waals surface area contributed by atoms with Crippen LogP contribution in [0.3, 0.4) is 0 Å². The van der Waals surface area contributed by atoms with E-state index in [0.29, 0.717) is 36.5 Å². The molecule has 1 atom stereocenters. The normalized spacial score (nSPS) is 19.0. The maximum absolute atomic E-state index is 12.8. The van der Waals surface area contributed by atoms with Crippen molar-refractivity contribution < 1.29 is 14.4 Å². The Morgan fingerprint density at radius 1 is 1.24 bits per heavy atom. The number of piperazine rings is 1. The van der Waals surface area contributed by atoms with Crippen LogP contribution in [0.15, 0.2) is 39.7 Å². The van der Waals surface area contributed by atoms with Crippen LogP contribution in [0.1, 0.15) is 24.2 Å². The average molecular weight is 536 g/mol. The minimum absolute atomic E-state index is 0.102. The molecule has 0 radical (unpaired) electrons. The van der Waals surface area contributed by atoms with Gasteiger partial charge in [-0.15, -0.1) is 11.3 Å². The zero-order valence-corrected chi connectivity index (χ0v) is 20.8. The number of hydrogen-bond acceptors (Lipinski definition) is 7. The van der Waals surface area contributed by atoms with Gasteiger partial charge in [0.1, 0.15) is 4.83 Å². The number of carbonyl (C=O) groups is 3. The zero-order chi connectivity index (χ0) is 23.5. The van der Waals surface area contributed by atoms with Gasteiger partial charge < -0.3 is 20.9 Å². The third-order valence-corrected chi connectivity index (χ3v) is 7.32. The van der Waals surface area contributed by atoms with Crippen LogP contribution in [0.2, 0.25) is 0 Å². The number of carbonyl (C=O) groups excluding carboxylic acids is 3.